The van der Waals surface area contributed by atoms with Crippen LogP contribution >= 0.6 is 0 Å². The van der Waals surface area contributed by atoms with Crippen LogP contribution < -0.4 is 16.8 Å². The van der Waals surface area contributed by atoms with Crippen molar-refractivity contribution >= 4 is 29.6 Å². The fourth-order valence-electron chi connectivity index (χ4n) is 2.44. The van der Waals surface area contributed by atoms with Crippen LogP contribution in [0.5, 0.6) is 0 Å². The van der Waals surface area contributed by atoms with Gasteiger partial charge in [-0.3, -0.25) is 4.79 Å². The van der Waals surface area contributed by atoms with E-state index in [9.17, 15) is 9.59 Å². The van der Waals surface area contributed by atoms with Gasteiger partial charge < -0.3 is 21.5 Å². The topological polar surface area (TPSA) is 120 Å². The van der Waals surface area contributed by atoms with Crippen LogP contribution in [0.1, 0.15) is 34.8 Å². The van der Waals surface area contributed by atoms with Crippen molar-refractivity contribution in [2.45, 2.75) is 19.8 Å². The molecule has 7 heteroatoms. The number of guanidine groups is 1. The number of carbonyl (C=O) groups excluding carboxylic acids is 2. The van der Waals surface area contributed by atoms with E-state index in [0.29, 0.717) is 24.2 Å². The van der Waals surface area contributed by atoms with Gasteiger partial charge in [-0.15, -0.1) is 0 Å². The van der Waals surface area contributed by atoms with Gasteiger partial charge in [-0.25, -0.2) is 9.79 Å². The Kier molecular flexibility index (Phi) is 8.44. The van der Waals surface area contributed by atoms with Gasteiger partial charge in [0.05, 0.1) is 17.9 Å². The minimum atomic E-state index is -0.404. The highest BCUT2D eigenvalue weighted by Crippen LogP contribution is 2.14. The summed E-state index contributed by atoms with van der Waals surface area (Å²) in [4.78, 5) is 27.6. The normalized spacial score (nSPS) is 10.5. The van der Waals surface area contributed by atoms with Gasteiger partial charge in [0.1, 0.15) is 0 Å². The molecule has 5 N–H and O–H groups in total. The van der Waals surface area contributed by atoms with Crippen LogP contribution in [0, 0.1) is 0 Å². The molecule has 1 amide bonds. The molecule has 2 rings (SSSR count). The fraction of sp³-hybridized carbons (Fsp3) is 0.227. The van der Waals surface area contributed by atoms with Gasteiger partial charge in [-0.1, -0.05) is 31.2 Å². The van der Waals surface area contributed by atoms with Crippen molar-refractivity contribution < 1.29 is 14.3 Å². The minimum Gasteiger partial charge on any atom is -0.462 e. The maximum absolute atomic E-state index is 12.1. The Morgan fingerprint density at radius 3 is 2.38 bits per heavy atom. The lowest BCUT2D eigenvalue weighted by Crippen LogP contribution is -2.21. The van der Waals surface area contributed by atoms with Gasteiger partial charge in [0.15, 0.2) is 5.96 Å². The van der Waals surface area contributed by atoms with Crippen molar-refractivity contribution in [3.63, 3.8) is 0 Å². The van der Waals surface area contributed by atoms with E-state index < -0.39 is 5.97 Å². The number of esters is 1. The third kappa shape index (κ3) is 7.88. The van der Waals surface area contributed by atoms with Gasteiger partial charge in [-0.2, -0.15) is 0 Å². The molecule has 0 aromatic heterocycles. The summed E-state index contributed by atoms with van der Waals surface area (Å²) < 4.78 is 5.31. The summed E-state index contributed by atoms with van der Waals surface area (Å²) in [6.07, 6.45) is 4.78. The number of benzene rings is 2. The summed E-state index contributed by atoms with van der Waals surface area (Å²) in [7, 11) is 0. The standard InChI is InChI=1S/C22H26N4O3/c1-2-14-25-20(27)12-7-16-3-5-17(6-4-16)13-15-29-21(28)18-8-10-19(11-9-18)26-22(23)24/h3-12H,2,13-15H2,1H3,(H,25,27)(H4,23,24,26). The zero-order chi connectivity index (χ0) is 21.1. The Bertz CT molecular complexity index is 868. The number of rotatable bonds is 9. The second kappa shape index (κ2) is 11.3. The molecule has 0 saturated carbocycles. The number of amides is 1. The van der Waals surface area contributed by atoms with Gasteiger partial charge in [0, 0.05) is 19.0 Å². The first kappa shape index (κ1) is 21.7. The lowest BCUT2D eigenvalue weighted by Gasteiger charge is -2.06. The van der Waals surface area contributed by atoms with Crippen molar-refractivity contribution in [3.05, 3.63) is 71.3 Å². The molecule has 0 aliphatic rings. The van der Waals surface area contributed by atoms with Crippen LogP contribution in [0.4, 0.5) is 5.69 Å². The van der Waals surface area contributed by atoms with Crippen LogP contribution in [0.2, 0.25) is 0 Å². The summed E-state index contributed by atoms with van der Waals surface area (Å²) in [5.41, 5.74) is 13.6. The third-order valence-electron chi connectivity index (χ3n) is 3.94. The Balaban J connectivity index is 1.80. The smallest absolute Gasteiger partial charge is 0.338 e. The molecule has 0 aliphatic carbocycles. The molecular formula is C22H26N4O3. The highest BCUT2D eigenvalue weighted by atomic mass is 16.5. The van der Waals surface area contributed by atoms with E-state index in [1.807, 2.05) is 31.2 Å². The predicted molar refractivity (Wildman–Crippen MR) is 115 cm³/mol. The quantitative estimate of drug-likeness (QED) is 0.261. The zero-order valence-corrected chi connectivity index (χ0v) is 16.4. The Hall–Kier alpha value is -3.61. The largest absolute Gasteiger partial charge is 0.462 e. The Morgan fingerprint density at radius 1 is 1.07 bits per heavy atom. The molecule has 0 radical (unpaired) electrons. The van der Waals surface area contributed by atoms with E-state index in [0.717, 1.165) is 17.5 Å². The molecule has 0 fully saturated rings. The van der Waals surface area contributed by atoms with Crippen molar-refractivity contribution in [2.24, 2.45) is 16.5 Å². The Labute approximate surface area is 170 Å². The number of nitrogens with one attached hydrogen (secondary N) is 1. The molecule has 0 heterocycles. The number of carbonyl (C=O) groups is 2. The predicted octanol–water partition coefficient (Wildman–Crippen LogP) is 2.53. The number of aliphatic imine (C=N–C) groups is 1. The number of nitrogens with zero attached hydrogens (tertiary/aromatic N) is 1. The average molecular weight is 394 g/mol. The van der Waals surface area contributed by atoms with Gasteiger partial charge in [-0.05, 0) is 47.9 Å². The maximum Gasteiger partial charge on any atom is 0.338 e. The zero-order valence-electron chi connectivity index (χ0n) is 16.4. The van der Waals surface area contributed by atoms with Gasteiger partial charge >= 0.3 is 5.97 Å². The molecule has 0 unspecified atom stereocenters. The molecule has 29 heavy (non-hydrogen) atoms. The monoisotopic (exact) mass is 394 g/mol. The van der Waals surface area contributed by atoms with Crippen molar-refractivity contribution in [3.8, 4) is 0 Å². The lowest BCUT2D eigenvalue weighted by molar-refractivity contribution is -0.116. The SMILES string of the molecule is CCCNC(=O)C=Cc1ccc(CCOC(=O)c2ccc(N=C(N)N)cc2)cc1. The summed E-state index contributed by atoms with van der Waals surface area (Å²) in [5, 5.41) is 2.79. The van der Waals surface area contributed by atoms with Crippen molar-refractivity contribution in [1.29, 1.82) is 0 Å². The van der Waals surface area contributed by atoms with E-state index in [1.165, 1.54) is 6.08 Å². The van der Waals surface area contributed by atoms with Crippen LogP contribution in [0.15, 0.2) is 59.6 Å². The first-order chi connectivity index (χ1) is 14.0. The van der Waals surface area contributed by atoms with Crippen LogP contribution in [-0.2, 0) is 16.0 Å². The average Bonchev–Trinajstić information content (AvgIpc) is 2.71. The highest BCUT2D eigenvalue weighted by molar-refractivity contribution is 5.91. The van der Waals surface area contributed by atoms with E-state index in [-0.39, 0.29) is 18.5 Å². The summed E-state index contributed by atoms with van der Waals surface area (Å²) in [6, 6.07) is 14.2. The molecule has 0 saturated heterocycles. The maximum atomic E-state index is 12.1. The third-order valence-corrected chi connectivity index (χ3v) is 3.94. The molecule has 0 bridgehead atoms. The van der Waals surface area contributed by atoms with E-state index in [1.54, 1.807) is 30.3 Å². The first-order valence-corrected chi connectivity index (χ1v) is 9.39. The first-order valence-electron chi connectivity index (χ1n) is 9.39. The summed E-state index contributed by atoms with van der Waals surface area (Å²) in [6.45, 7) is 2.94. The van der Waals surface area contributed by atoms with Crippen molar-refractivity contribution in [1.82, 2.24) is 5.32 Å². The molecule has 0 spiro atoms. The number of hydrogen-bond donors (Lipinski definition) is 3. The van der Waals surface area contributed by atoms with E-state index in [2.05, 4.69) is 10.3 Å². The van der Waals surface area contributed by atoms with Crippen LogP contribution in [-0.4, -0.2) is 31.0 Å². The van der Waals surface area contributed by atoms with E-state index in [4.69, 9.17) is 16.2 Å². The molecule has 2 aromatic carbocycles. The fourth-order valence-corrected chi connectivity index (χ4v) is 2.44. The lowest BCUT2D eigenvalue weighted by atomic mass is 10.1. The van der Waals surface area contributed by atoms with E-state index >= 15 is 0 Å². The molecule has 152 valence electrons. The number of hydrogen-bond acceptors (Lipinski definition) is 4. The van der Waals surface area contributed by atoms with Crippen molar-refractivity contribution in [2.75, 3.05) is 13.2 Å². The number of nitrogens with two attached hydrogens (primary N) is 2. The van der Waals surface area contributed by atoms with Crippen LogP contribution in [0.3, 0.4) is 0 Å². The molecule has 2 aromatic rings. The number of ether oxygens (including phenoxy) is 1. The second-order valence-corrected chi connectivity index (χ2v) is 6.34. The molecule has 0 aliphatic heterocycles. The molecule has 7 nitrogen and oxygen atoms in total. The Morgan fingerprint density at radius 2 is 1.76 bits per heavy atom. The van der Waals surface area contributed by atoms with Gasteiger partial charge in [0.2, 0.25) is 5.91 Å². The minimum absolute atomic E-state index is 0.0402. The van der Waals surface area contributed by atoms with Crippen LogP contribution in [0.25, 0.3) is 6.08 Å². The second-order valence-electron chi connectivity index (χ2n) is 6.34. The molecule has 0 atom stereocenters. The summed E-state index contributed by atoms with van der Waals surface area (Å²) in [5.74, 6) is -0.547. The van der Waals surface area contributed by atoms with Gasteiger partial charge in [0.25, 0.3) is 0 Å². The summed E-state index contributed by atoms with van der Waals surface area (Å²) >= 11 is 0. The molecular weight excluding hydrogens is 368 g/mol. The highest BCUT2D eigenvalue weighted by Gasteiger charge is 2.07.